The van der Waals surface area contributed by atoms with Crippen molar-refractivity contribution in [2.24, 2.45) is 5.41 Å². The average molecular weight is 248 g/mol. The number of ketones is 1. The smallest absolute Gasteiger partial charge is 0.175 e. The zero-order chi connectivity index (χ0) is 12.6. The molecule has 0 unspecified atom stereocenters. The molecule has 0 radical (unpaired) electrons. The topological polar surface area (TPSA) is 55.8 Å². The number of carbonyl (C=O) groups is 1. The van der Waals surface area contributed by atoms with Gasteiger partial charge in [-0.1, -0.05) is 0 Å². The Hall–Kier alpha value is -1.39. The number of aliphatic hydroxyl groups is 1. The maximum Gasteiger partial charge on any atom is 0.175 e. The molecule has 1 fully saturated rings. The number of fused-ring (bicyclic) bond motifs is 1. The lowest BCUT2D eigenvalue weighted by atomic mass is 9.79. The molecule has 1 N–H and O–H groups in total. The van der Waals surface area contributed by atoms with E-state index < -0.39 is 5.41 Å². The quantitative estimate of drug-likeness (QED) is 0.817. The first-order valence-electron chi connectivity index (χ1n) is 6.24. The maximum atomic E-state index is 12.4. The minimum absolute atomic E-state index is 0.0235. The highest BCUT2D eigenvalue weighted by Crippen LogP contribution is 2.33. The van der Waals surface area contributed by atoms with Crippen molar-refractivity contribution in [2.45, 2.75) is 12.8 Å². The maximum absolute atomic E-state index is 12.4. The molecule has 2 aliphatic rings. The highest BCUT2D eigenvalue weighted by molar-refractivity contribution is 6.01. The van der Waals surface area contributed by atoms with Crippen LogP contribution in [0.3, 0.4) is 0 Å². The minimum atomic E-state index is -0.718. The number of benzene rings is 1. The Morgan fingerprint density at radius 3 is 2.89 bits per heavy atom. The zero-order valence-corrected chi connectivity index (χ0v) is 10.1. The van der Waals surface area contributed by atoms with E-state index in [2.05, 4.69) is 0 Å². The minimum Gasteiger partial charge on any atom is -0.493 e. The number of rotatable bonds is 3. The van der Waals surface area contributed by atoms with E-state index in [-0.39, 0.29) is 12.4 Å². The monoisotopic (exact) mass is 248 g/mol. The van der Waals surface area contributed by atoms with Gasteiger partial charge in [0.05, 0.1) is 26.4 Å². The Labute approximate surface area is 106 Å². The van der Waals surface area contributed by atoms with Crippen molar-refractivity contribution in [2.75, 3.05) is 26.4 Å². The summed E-state index contributed by atoms with van der Waals surface area (Å²) in [5, 5.41) is 9.38. The predicted octanol–water partition coefficient (Wildman–Crippen LogP) is 1.20. The third kappa shape index (κ3) is 1.72. The summed E-state index contributed by atoms with van der Waals surface area (Å²) in [6.07, 6.45) is 1.93. The summed E-state index contributed by atoms with van der Waals surface area (Å²) < 4.78 is 10.6. The van der Waals surface area contributed by atoms with Crippen LogP contribution in [-0.2, 0) is 11.2 Å². The standard InChI is InChI=1S/C14H16O4/c15-7-14(8-17-9-14)13(16)11-3-4-12-10(6-11)2-1-5-18-12/h3-4,6,15H,1-2,5,7-9H2. The lowest BCUT2D eigenvalue weighted by Crippen LogP contribution is -2.51. The molecule has 0 amide bonds. The normalized spacial score (nSPS) is 20.5. The Morgan fingerprint density at radius 1 is 1.39 bits per heavy atom. The molecular formula is C14H16O4. The fraction of sp³-hybridized carbons (Fsp3) is 0.500. The number of Topliss-reactive ketones (excluding diaryl/α,β-unsaturated/α-hetero) is 1. The van der Waals surface area contributed by atoms with Crippen molar-refractivity contribution in [3.05, 3.63) is 29.3 Å². The number of aryl methyl sites for hydroxylation is 1. The molecule has 3 rings (SSSR count). The van der Waals surface area contributed by atoms with E-state index in [4.69, 9.17) is 9.47 Å². The number of hydrogen-bond donors (Lipinski definition) is 1. The summed E-state index contributed by atoms with van der Waals surface area (Å²) in [5.41, 5.74) is 1.01. The van der Waals surface area contributed by atoms with E-state index in [1.165, 1.54) is 0 Å². The van der Waals surface area contributed by atoms with Crippen molar-refractivity contribution in [3.63, 3.8) is 0 Å². The molecule has 0 saturated carbocycles. The van der Waals surface area contributed by atoms with Gasteiger partial charge in [-0.3, -0.25) is 4.79 Å². The summed E-state index contributed by atoms with van der Waals surface area (Å²) in [7, 11) is 0. The second-order valence-electron chi connectivity index (χ2n) is 5.03. The van der Waals surface area contributed by atoms with Gasteiger partial charge in [0.1, 0.15) is 11.2 Å². The van der Waals surface area contributed by atoms with E-state index in [0.717, 1.165) is 30.8 Å². The van der Waals surface area contributed by atoms with Crippen LogP contribution >= 0.6 is 0 Å². The van der Waals surface area contributed by atoms with Crippen LogP contribution in [0.4, 0.5) is 0 Å². The molecule has 0 spiro atoms. The van der Waals surface area contributed by atoms with Crippen LogP contribution in [0, 0.1) is 5.41 Å². The largest absolute Gasteiger partial charge is 0.493 e. The number of ether oxygens (including phenoxy) is 2. The summed E-state index contributed by atoms with van der Waals surface area (Å²) >= 11 is 0. The van der Waals surface area contributed by atoms with Gasteiger partial charge in [-0.25, -0.2) is 0 Å². The van der Waals surface area contributed by atoms with Crippen molar-refractivity contribution >= 4 is 5.78 Å². The molecule has 0 aromatic heterocycles. The van der Waals surface area contributed by atoms with Crippen LogP contribution in [0.25, 0.3) is 0 Å². The van der Waals surface area contributed by atoms with Gasteiger partial charge in [-0.05, 0) is 36.6 Å². The molecule has 2 heterocycles. The SMILES string of the molecule is O=C(c1ccc2c(c1)CCCO2)C1(CO)COC1. The first-order valence-corrected chi connectivity index (χ1v) is 6.24. The molecule has 96 valence electrons. The first kappa shape index (κ1) is 11.7. The second-order valence-corrected chi connectivity index (χ2v) is 5.03. The van der Waals surface area contributed by atoms with Crippen molar-refractivity contribution < 1.29 is 19.4 Å². The van der Waals surface area contributed by atoms with Crippen LogP contribution in [0.1, 0.15) is 22.3 Å². The number of hydrogen-bond acceptors (Lipinski definition) is 4. The summed E-state index contributed by atoms with van der Waals surface area (Å²) in [6.45, 7) is 1.22. The van der Waals surface area contributed by atoms with Gasteiger partial charge in [0.15, 0.2) is 5.78 Å². The van der Waals surface area contributed by atoms with Gasteiger partial charge in [-0.2, -0.15) is 0 Å². The molecule has 2 aliphatic heterocycles. The van der Waals surface area contributed by atoms with Crippen LogP contribution in [0.15, 0.2) is 18.2 Å². The molecule has 4 nitrogen and oxygen atoms in total. The molecule has 1 aromatic rings. The molecule has 4 heteroatoms. The Bertz CT molecular complexity index is 471. The van der Waals surface area contributed by atoms with Crippen molar-refractivity contribution in [1.29, 1.82) is 0 Å². The molecular weight excluding hydrogens is 232 g/mol. The highest BCUT2D eigenvalue weighted by atomic mass is 16.5. The molecule has 1 aromatic carbocycles. The zero-order valence-electron chi connectivity index (χ0n) is 10.1. The fourth-order valence-electron chi connectivity index (χ4n) is 2.45. The van der Waals surface area contributed by atoms with Gasteiger partial charge in [0.2, 0.25) is 0 Å². The summed E-state index contributed by atoms with van der Waals surface area (Å²) in [5.74, 6) is 0.852. The predicted molar refractivity (Wildman–Crippen MR) is 64.9 cm³/mol. The van der Waals surface area contributed by atoms with E-state index in [0.29, 0.717) is 18.8 Å². The van der Waals surface area contributed by atoms with Crippen LogP contribution < -0.4 is 4.74 Å². The van der Waals surface area contributed by atoms with Crippen molar-refractivity contribution in [3.8, 4) is 5.75 Å². The molecule has 0 aliphatic carbocycles. The van der Waals surface area contributed by atoms with Crippen LogP contribution in [0.5, 0.6) is 5.75 Å². The van der Waals surface area contributed by atoms with Gasteiger partial charge in [-0.15, -0.1) is 0 Å². The third-order valence-corrected chi connectivity index (χ3v) is 3.71. The lowest BCUT2D eigenvalue weighted by Gasteiger charge is -2.38. The summed E-state index contributed by atoms with van der Waals surface area (Å²) in [4.78, 5) is 12.4. The molecule has 0 atom stereocenters. The van der Waals surface area contributed by atoms with Crippen LogP contribution in [-0.4, -0.2) is 37.3 Å². The van der Waals surface area contributed by atoms with Crippen molar-refractivity contribution in [1.82, 2.24) is 0 Å². The molecule has 18 heavy (non-hydrogen) atoms. The average Bonchev–Trinajstić information content (AvgIpc) is 2.37. The summed E-state index contributed by atoms with van der Waals surface area (Å²) in [6, 6.07) is 5.53. The van der Waals surface area contributed by atoms with E-state index >= 15 is 0 Å². The van der Waals surface area contributed by atoms with Gasteiger partial charge >= 0.3 is 0 Å². The number of aliphatic hydroxyl groups excluding tert-OH is 1. The molecule has 1 saturated heterocycles. The van der Waals surface area contributed by atoms with E-state index in [1.807, 2.05) is 12.1 Å². The molecule has 0 bridgehead atoms. The Kier molecular flexibility index (Phi) is 2.84. The van der Waals surface area contributed by atoms with E-state index in [1.54, 1.807) is 6.07 Å². The highest BCUT2D eigenvalue weighted by Gasteiger charge is 2.45. The number of carbonyl (C=O) groups excluding carboxylic acids is 1. The van der Waals surface area contributed by atoms with Gasteiger partial charge < -0.3 is 14.6 Å². The van der Waals surface area contributed by atoms with Gasteiger partial charge in [0.25, 0.3) is 0 Å². The third-order valence-electron chi connectivity index (χ3n) is 3.71. The second kappa shape index (κ2) is 4.37. The van der Waals surface area contributed by atoms with E-state index in [9.17, 15) is 9.90 Å². The Balaban J connectivity index is 1.90. The lowest BCUT2D eigenvalue weighted by molar-refractivity contribution is -0.109. The Morgan fingerprint density at radius 2 is 2.22 bits per heavy atom. The van der Waals surface area contributed by atoms with Gasteiger partial charge in [0, 0.05) is 5.56 Å². The fourth-order valence-corrected chi connectivity index (χ4v) is 2.45. The van der Waals surface area contributed by atoms with Crippen LogP contribution in [0.2, 0.25) is 0 Å². The first-order chi connectivity index (χ1) is 8.75.